The van der Waals surface area contributed by atoms with Crippen LogP contribution >= 0.6 is 0 Å². The zero-order valence-electron chi connectivity index (χ0n) is 18.1. The monoisotopic (exact) mass is 410 g/mol. The highest BCUT2D eigenvalue weighted by Crippen LogP contribution is 2.43. The molecule has 1 aliphatic heterocycles. The van der Waals surface area contributed by atoms with Gasteiger partial charge in [0.1, 0.15) is 0 Å². The number of hydrogen-bond acceptors (Lipinski definition) is 2. The molecule has 1 fully saturated rings. The number of para-hydroxylation sites is 1. The van der Waals surface area contributed by atoms with E-state index >= 15 is 0 Å². The molecule has 1 aliphatic rings. The van der Waals surface area contributed by atoms with Crippen LogP contribution < -0.4 is 10.2 Å². The van der Waals surface area contributed by atoms with Gasteiger partial charge in [-0.2, -0.15) is 0 Å². The summed E-state index contributed by atoms with van der Waals surface area (Å²) < 4.78 is 0. The Labute approximate surface area is 183 Å². The molecule has 4 nitrogen and oxygen atoms in total. The first-order valence-electron chi connectivity index (χ1n) is 10.4. The predicted molar refractivity (Wildman–Crippen MR) is 126 cm³/mol. The Kier molecular flexibility index (Phi) is 5.47. The van der Waals surface area contributed by atoms with Crippen molar-refractivity contribution in [2.24, 2.45) is 0 Å². The number of rotatable bonds is 5. The summed E-state index contributed by atoms with van der Waals surface area (Å²) in [5, 5.41) is 3.08. The third-order valence-corrected chi connectivity index (χ3v) is 5.93. The molecule has 1 N–H and O–H groups in total. The van der Waals surface area contributed by atoms with E-state index in [1.807, 2.05) is 106 Å². The van der Waals surface area contributed by atoms with E-state index in [-0.39, 0.29) is 18.2 Å². The standard InChI is InChI=1S/C27H26N2O2/c1-19-13-15-23(16-14-19)29-25(30)18-27(29,21(3)17-22-10-5-4-6-11-22)26(31)28-24-12-8-7-9-20(24)2/h4-17H,18H2,1-3H3,(H,28,31)/b21-17+. The van der Waals surface area contributed by atoms with Crippen molar-refractivity contribution in [1.29, 1.82) is 0 Å². The van der Waals surface area contributed by atoms with Gasteiger partial charge in [0.2, 0.25) is 5.91 Å². The fraction of sp³-hybridized carbons (Fsp3) is 0.185. The molecule has 0 radical (unpaired) electrons. The Morgan fingerprint density at radius 1 is 0.935 bits per heavy atom. The van der Waals surface area contributed by atoms with Gasteiger partial charge in [-0.3, -0.25) is 14.5 Å². The molecule has 156 valence electrons. The first kappa shape index (κ1) is 20.6. The van der Waals surface area contributed by atoms with Crippen LogP contribution in [0.3, 0.4) is 0 Å². The molecule has 31 heavy (non-hydrogen) atoms. The summed E-state index contributed by atoms with van der Waals surface area (Å²) >= 11 is 0. The van der Waals surface area contributed by atoms with Gasteiger partial charge in [0, 0.05) is 11.4 Å². The SMILES string of the molecule is C/C(=C\c1ccccc1)C1(C(=O)Nc2ccccc2C)CC(=O)N1c1ccc(C)cc1. The smallest absolute Gasteiger partial charge is 0.255 e. The second-order valence-corrected chi connectivity index (χ2v) is 8.11. The van der Waals surface area contributed by atoms with Gasteiger partial charge >= 0.3 is 0 Å². The fourth-order valence-corrected chi connectivity index (χ4v) is 4.09. The molecular formula is C27H26N2O2. The van der Waals surface area contributed by atoms with E-state index < -0.39 is 5.54 Å². The largest absolute Gasteiger partial charge is 0.323 e. The highest BCUT2D eigenvalue weighted by molar-refractivity contribution is 6.19. The predicted octanol–water partition coefficient (Wildman–Crippen LogP) is 5.52. The number of amides is 2. The maximum Gasteiger partial charge on any atom is 0.255 e. The summed E-state index contributed by atoms with van der Waals surface area (Å²) in [5.41, 5.74) is 4.29. The van der Waals surface area contributed by atoms with Crippen LogP contribution in [0.2, 0.25) is 0 Å². The first-order valence-corrected chi connectivity index (χ1v) is 10.4. The summed E-state index contributed by atoms with van der Waals surface area (Å²) in [5.74, 6) is -0.267. The van der Waals surface area contributed by atoms with Gasteiger partial charge < -0.3 is 5.32 Å². The fourth-order valence-electron chi connectivity index (χ4n) is 4.09. The minimum atomic E-state index is -1.08. The number of nitrogens with one attached hydrogen (secondary N) is 1. The van der Waals surface area contributed by atoms with E-state index in [0.717, 1.165) is 33.6 Å². The molecule has 1 unspecified atom stereocenters. The summed E-state index contributed by atoms with van der Waals surface area (Å²) in [6.07, 6.45) is 2.12. The van der Waals surface area contributed by atoms with Crippen LogP contribution in [0.5, 0.6) is 0 Å². The summed E-state index contributed by atoms with van der Waals surface area (Å²) in [6, 6.07) is 25.3. The van der Waals surface area contributed by atoms with Gasteiger partial charge in [-0.15, -0.1) is 0 Å². The minimum Gasteiger partial charge on any atom is -0.323 e. The summed E-state index contributed by atoms with van der Waals surface area (Å²) in [4.78, 5) is 28.2. The lowest BCUT2D eigenvalue weighted by Gasteiger charge is -2.51. The molecule has 1 heterocycles. The van der Waals surface area contributed by atoms with Gasteiger partial charge in [-0.1, -0.05) is 72.3 Å². The Hall–Kier alpha value is -3.66. The van der Waals surface area contributed by atoms with Crippen LogP contribution in [-0.2, 0) is 9.59 Å². The molecule has 3 aromatic rings. The molecule has 3 aromatic carbocycles. The van der Waals surface area contributed by atoms with Gasteiger partial charge in [0.05, 0.1) is 6.42 Å². The molecule has 1 atom stereocenters. The van der Waals surface area contributed by atoms with Crippen LogP contribution in [-0.4, -0.2) is 17.4 Å². The maximum absolute atomic E-state index is 13.8. The van der Waals surface area contributed by atoms with Crippen molar-refractivity contribution >= 4 is 29.3 Å². The molecule has 2 amide bonds. The Balaban J connectivity index is 1.79. The Morgan fingerprint density at radius 3 is 2.23 bits per heavy atom. The third-order valence-electron chi connectivity index (χ3n) is 5.93. The maximum atomic E-state index is 13.8. The zero-order valence-corrected chi connectivity index (χ0v) is 18.1. The van der Waals surface area contributed by atoms with E-state index in [9.17, 15) is 9.59 Å². The topological polar surface area (TPSA) is 49.4 Å². The number of anilines is 2. The number of carbonyl (C=O) groups is 2. The van der Waals surface area contributed by atoms with Crippen LogP contribution in [0.4, 0.5) is 11.4 Å². The first-order chi connectivity index (χ1) is 14.9. The van der Waals surface area contributed by atoms with E-state index in [1.54, 1.807) is 4.90 Å². The second kappa shape index (κ2) is 8.23. The van der Waals surface area contributed by atoms with E-state index in [1.165, 1.54) is 0 Å². The molecule has 4 heteroatoms. The number of carbonyl (C=O) groups excluding carboxylic acids is 2. The van der Waals surface area contributed by atoms with Crippen LogP contribution in [0, 0.1) is 13.8 Å². The molecule has 1 saturated heterocycles. The van der Waals surface area contributed by atoms with Gasteiger partial charge in [0.25, 0.3) is 5.91 Å². The van der Waals surface area contributed by atoms with E-state index in [2.05, 4.69) is 5.32 Å². The van der Waals surface area contributed by atoms with Crippen molar-refractivity contribution in [3.63, 3.8) is 0 Å². The Morgan fingerprint density at radius 2 is 1.58 bits per heavy atom. The number of hydrogen-bond donors (Lipinski definition) is 1. The lowest BCUT2D eigenvalue weighted by Crippen LogP contribution is -2.70. The van der Waals surface area contributed by atoms with Crippen LogP contribution in [0.15, 0.2) is 84.4 Å². The van der Waals surface area contributed by atoms with Crippen molar-refractivity contribution in [3.05, 3.63) is 101 Å². The lowest BCUT2D eigenvalue weighted by molar-refractivity contribution is -0.135. The quantitative estimate of drug-likeness (QED) is 0.563. The number of benzene rings is 3. The van der Waals surface area contributed by atoms with Crippen molar-refractivity contribution < 1.29 is 9.59 Å². The minimum absolute atomic E-state index is 0.0652. The lowest BCUT2D eigenvalue weighted by atomic mass is 9.75. The summed E-state index contributed by atoms with van der Waals surface area (Å²) in [7, 11) is 0. The Bertz CT molecular complexity index is 1150. The molecule has 0 saturated carbocycles. The number of aryl methyl sites for hydroxylation is 2. The molecule has 0 spiro atoms. The number of β-lactam (4-membered cyclic amide) rings is 1. The average Bonchev–Trinajstić information content (AvgIpc) is 2.75. The average molecular weight is 411 g/mol. The van der Waals surface area contributed by atoms with Gasteiger partial charge in [-0.05, 0) is 55.7 Å². The molecule has 0 aliphatic carbocycles. The molecule has 4 rings (SSSR count). The highest BCUT2D eigenvalue weighted by atomic mass is 16.2. The number of nitrogens with zero attached hydrogens (tertiary/aromatic N) is 1. The molecular weight excluding hydrogens is 384 g/mol. The van der Waals surface area contributed by atoms with E-state index in [4.69, 9.17) is 0 Å². The van der Waals surface area contributed by atoms with Crippen molar-refractivity contribution in [1.82, 2.24) is 0 Å². The van der Waals surface area contributed by atoms with Crippen LogP contribution in [0.1, 0.15) is 30.0 Å². The normalized spacial score (nSPS) is 18.5. The highest BCUT2D eigenvalue weighted by Gasteiger charge is 2.58. The summed E-state index contributed by atoms with van der Waals surface area (Å²) in [6.45, 7) is 5.89. The molecule has 0 aromatic heterocycles. The van der Waals surface area contributed by atoms with E-state index in [0.29, 0.717) is 0 Å². The van der Waals surface area contributed by atoms with Gasteiger partial charge in [-0.25, -0.2) is 0 Å². The molecule has 0 bridgehead atoms. The zero-order chi connectivity index (χ0) is 22.0. The third kappa shape index (κ3) is 3.77. The van der Waals surface area contributed by atoms with Crippen molar-refractivity contribution in [2.75, 3.05) is 10.2 Å². The van der Waals surface area contributed by atoms with Crippen LogP contribution in [0.25, 0.3) is 6.08 Å². The van der Waals surface area contributed by atoms with Crippen molar-refractivity contribution in [3.8, 4) is 0 Å². The van der Waals surface area contributed by atoms with Gasteiger partial charge in [0.15, 0.2) is 5.54 Å². The second-order valence-electron chi connectivity index (χ2n) is 8.11. The van der Waals surface area contributed by atoms with Crippen molar-refractivity contribution in [2.45, 2.75) is 32.7 Å².